The van der Waals surface area contributed by atoms with Crippen molar-refractivity contribution in [3.63, 3.8) is 0 Å². The minimum atomic E-state index is 0.0669. The minimum Gasteiger partial charge on any atom is -0.255 e. The molecule has 0 N–H and O–H groups in total. The Morgan fingerprint density at radius 3 is 1.16 bits per heavy atom. The summed E-state index contributed by atoms with van der Waals surface area (Å²) in [6.45, 7) is 53.7. The van der Waals surface area contributed by atoms with Crippen LogP contribution in [0.4, 0.5) is 0 Å². The third kappa shape index (κ3) is 13.4. The number of aromatic nitrogens is 6. The summed E-state index contributed by atoms with van der Waals surface area (Å²) in [7, 11) is 0. The lowest BCUT2D eigenvalue weighted by Gasteiger charge is -2.19. The quantitative estimate of drug-likeness (QED) is 0.151. The van der Waals surface area contributed by atoms with Gasteiger partial charge in [-0.15, -0.1) is 45.3 Å². The van der Waals surface area contributed by atoms with Crippen LogP contribution in [-0.2, 0) is 43.3 Å². The molecule has 0 bridgehead atoms. The van der Waals surface area contributed by atoms with Gasteiger partial charge in [0.1, 0.15) is 22.3 Å². The van der Waals surface area contributed by atoms with Crippen molar-refractivity contribution in [2.45, 2.75) is 209 Å². The van der Waals surface area contributed by atoms with E-state index >= 15 is 0 Å². The topological polar surface area (TPSA) is 77.3 Å². The summed E-state index contributed by atoms with van der Waals surface area (Å²) in [5.41, 5.74) is 8.61. The zero-order valence-corrected chi connectivity index (χ0v) is 49.4. The van der Waals surface area contributed by atoms with Gasteiger partial charge in [0.25, 0.3) is 0 Å². The van der Waals surface area contributed by atoms with Gasteiger partial charge in [-0.2, -0.15) is 0 Å². The molecular weight excluding hydrogens is 909 g/mol. The van der Waals surface area contributed by atoms with Gasteiger partial charge in [-0.25, -0.2) is 24.9 Å². The summed E-state index contributed by atoms with van der Waals surface area (Å²) in [4.78, 5) is 34.6. The van der Waals surface area contributed by atoms with Gasteiger partial charge in [0.15, 0.2) is 0 Å². The number of nitrogens with zero attached hydrogens (tertiary/aromatic N) is 6. The molecule has 10 heteroatoms. The van der Waals surface area contributed by atoms with Crippen molar-refractivity contribution in [1.82, 2.24) is 29.9 Å². The van der Waals surface area contributed by atoms with Crippen molar-refractivity contribution in [3.05, 3.63) is 103 Å². The van der Waals surface area contributed by atoms with E-state index < -0.39 is 0 Å². The number of pyridine rings is 2. The predicted octanol–water partition coefficient (Wildman–Crippen LogP) is 18.4. The standard InChI is InChI=1S/2C15H21NS.2C14H20N2S/c1-14(2,3)11-7-8-16-13-10(11)9-12(17-13)15(4,5)6;1-14(2,3)10-7-8-16-11-9-12(15(4,5)6)17-13(10)11;1-13(2,3)10-7-9-11(17-10)12(14(4,5)6)16-8-15-9;1-13(2,3)10-7-9-11(14(4,5)6)15-8-16-12(9)17-10/h2*7-9H,1-6H3;2*7-8H,1-6H3. The first-order chi connectivity index (χ1) is 30.8. The van der Waals surface area contributed by atoms with E-state index in [9.17, 15) is 0 Å². The second-order valence-electron chi connectivity index (χ2n) is 26.5. The van der Waals surface area contributed by atoms with E-state index in [1.54, 1.807) is 24.0 Å². The van der Waals surface area contributed by atoms with Crippen LogP contribution in [0.1, 0.15) is 208 Å². The van der Waals surface area contributed by atoms with E-state index in [4.69, 9.17) is 0 Å². The molecule has 6 nitrogen and oxygen atoms in total. The van der Waals surface area contributed by atoms with Gasteiger partial charge >= 0.3 is 0 Å². The minimum absolute atomic E-state index is 0.0669. The van der Waals surface area contributed by atoms with Crippen LogP contribution in [0.5, 0.6) is 0 Å². The zero-order valence-electron chi connectivity index (χ0n) is 46.1. The average Bonchev–Trinajstić information content (AvgIpc) is 3.99. The smallest absolute Gasteiger partial charge is 0.127 e. The molecule has 0 aliphatic carbocycles. The molecule has 0 aliphatic rings. The largest absolute Gasteiger partial charge is 0.255 e. The molecule has 368 valence electrons. The van der Waals surface area contributed by atoms with E-state index in [0.717, 1.165) is 27.3 Å². The lowest BCUT2D eigenvalue weighted by Crippen LogP contribution is -2.14. The molecule has 0 saturated heterocycles. The summed E-state index contributed by atoms with van der Waals surface area (Å²) in [5, 5.41) is 2.55. The second-order valence-corrected chi connectivity index (χ2v) is 30.6. The maximum Gasteiger partial charge on any atom is 0.127 e. The predicted molar refractivity (Wildman–Crippen MR) is 304 cm³/mol. The molecule has 0 unspecified atom stereocenters. The molecule has 8 rings (SSSR count). The summed E-state index contributed by atoms with van der Waals surface area (Å²) in [6, 6.07) is 13.4. The Labute approximate surface area is 426 Å². The normalized spacial score (nSPS) is 13.3. The Morgan fingerprint density at radius 1 is 0.309 bits per heavy atom. The van der Waals surface area contributed by atoms with Gasteiger partial charge in [0.2, 0.25) is 0 Å². The molecule has 0 aliphatic heterocycles. The van der Waals surface area contributed by atoms with Crippen LogP contribution >= 0.6 is 45.3 Å². The van der Waals surface area contributed by atoms with E-state index in [2.05, 4.69) is 232 Å². The highest BCUT2D eigenvalue weighted by Crippen LogP contribution is 2.41. The average molecular weight is 992 g/mol. The fourth-order valence-electron chi connectivity index (χ4n) is 7.44. The van der Waals surface area contributed by atoms with Crippen LogP contribution in [0.2, 0.25) is 0 Å². The molecule has 0 aromatic carbocycles. The van der Waals surface area contributed by atoms with E-state index in [0.29, 0.717) is 0 Å². The van der Waals surface area contributed by atoms with E-state index in [-0.39, 0.29) is 43.3 Å². The third-order valence-electron chi connectivity index (χ3n) is 11.5. The highest BCUT2D eigenvalue weighted by atomic mass is 32.1. The lowest BCUT2D eigenvalue weighted by molar-refractivity contribution is 0.573. The van der Waals surface area contributed by atoms with E-state index in [1.165, 1.54) is 55.6 Å². The molecule has 0 atom stereocenters. The molecule has 8 aromatic heterocycles. The first-order valence-corrected chi connectivity index (χ1v) is 27.3. The fraction of sp³-hybridized carbons (Fsp3) is 0.552. The highest BCUT2D eigenvalue weighted by Gasteiger charge is 2.27. The lowest BCUT2D eigenvalue weighted by atomic mass is 9.85. The molecule has 0 amide bonds. The van der Waals surface area contributed by atoms with Gasteiger partial charge in [-0.3, -0.25) is 4.98 Å². The van der Waals surface area contributed by atoms with Gasteiger partial charge in [0, 0.05) is 53.5 Å². The van der Waals surface area contributed by atoms with Crippen molar-refractivity contribution < 1.29 is 0 Å². The molecule has 0 radical (unpaired) electrons. The molecule has 8 heterocycles. The van der Waals surface area contributed by atoms with Crippen LogP contribution in [-0.4, -0.2) is 29.9 Å². The third-order valence-corrected chi connectivity index (χ3v) is 17.6. The molecule has 68 heavy (non-hydrogen) atoms. The first kappa shape index (κ1) is 55.2. The molecule has 8 aromatic rings. The Morgan fingerprint density at radius 2 is 0.691 bits per heavy atom. The molecule has 0 fully saturated rings. The fourth-order valence-corrected chi connectivity index (χ4v) is 12.3. The van der Waals surface area contributed by atoms with Crippen LogP contribution in [0.3, 0.4) is 0 Å². The molecule has 0 spiro atoms. The Kier molecular flexibility index (Phi) is 15.8. The van der Waals surface area contributed by atoms with Gasteiger partial charge in [-0.05, 0) is 80.0 Å². The Bertz CT molecular complexity index is 2570. The zero-order chi connectivity index (χ0) is 51.4. The SMILES string of the molecule is CC(C)(C)c1cc2c(C(C)(C)C)ccnc2s1.CC(C)(C)c1cc2c(C(C)(C)C)ncnc2s1.CC(C)(C)c1cc2nccc(C(C)(C)C)c2s1.CC(C)(C)c1cc2ncnc(C(C)(C)C)c2s1. The summed E-state index contributed by atoms with van der Waals surface area (Å²) in [5.74, 6) is 0. The molecule has 0 saturated carbocycles. The van der Waals surface area contributed by atoms with Crippen LogP contribution in [0, 0.1) is 0 Å². The number of fused-ring (bicyclic) bond motifs is 4. The second kappa shape index (κ2) is 19.5. The van der Waals surface area contributed by atoms with Gasteiger partial charge in [0.05, 0.1) is 31.8 Å². The van der Waals surface area contributed by atoms with Crippen LogP contribution in [0.15, 0.2) is 61.4 Å². The maximum absolute atomic E-state index is 4.51. The van der Waals surface area contributed by atoms with Crippen LogP contribution in [0.25, 0.3) is 40.9 Å². The monoisotopic (exact) mass is 991 g/mol. The van der Waals surface area contributed by atoms with E-state index in [1.807, 2.05) is 46.4 Å². The number of rotatable bonds is 0. The van der Waals surface area contributed by atoms with Crippen molar-refractivity contribution >= 4 is 86.2 Å². The van der Waals surface area contributed by atoms with Crippen molar-refractivity contribution in [2.24, 2.45) is 0 Å². The molecular formula is C58H82N6S4. The summed E-state index contributed by atoms with van der Waals surface area (Å²) < 4.78 is 2.59. The van der Waals surface area contributed by atoms with Crippen molar-refractivity contribution in [3.8, 4) is 0 Å². The number of hydrogen-bond donors (Lipinski definition) is 0. The number of thiophene rings is 4. The van der Waals surface area contributed by atoms with Crippen molar-refractivity contribution in [1.29, 1.82) is 0 Å². The van der Waals surface area contributed by atoms with Gasteiger partial charge < -0.3 is 0 Å². The Hall–Kier alpha value is -3.70. The summed E-state index contributed by atoms with van der Waals surface area (Å²) in [6.07, 6.45) is 7.24. The maximum atomic E-state index is 4.51. The van der Waals surface area contributed by atoms with Gasteiger partial charge in [-0.1, -0.05) is 166 Å². The van der Waals surface area contributed by atoms with Crippen molar-refractivity contribution in [2.75, 3.05) is 0 Å². The van der Waals surface area contributed by atoms with Crippen LogP contribution < -0.4 is 0 Å². The first-order valence-electron chi connectivity index (χ1n) is 24.1. The Balaban J connectivity index is 0.000000169. The summed E-state index contributed by atoms with van der Waals surface area (Å²) >= 11 is 7.33. The number of hydrogen-bond acceptors (Lipinski definition) is 10. The highest BCUT2D eigenvalue weighted by molar-refractivity contribution is 7.20.